The predicted molar refractivity (Wildman–Crippen MR) is 79.6 cm³/mol. The maximum atomic E-state index is 12.6. The molecule has 0 bridgehead atoms. The van der Waals surface area contributed by atoms with Crippen molar-refractivity contribution in [2.24, 2.45) is 11.1 Å². The summed E-state index contributed by atoms with van der Waals surface area (Å²) in [5, 5.41) is 12.2. The second-order valence-electron chi connectivity index (χ2n) is 4.84. The molecule has 20 heavy (non-hydrogen) atoms. The summed E-state index contributed by atoms with van der Waals surface area (Å²) in [6.07, 6.45) is 0.602. The van der Waals surface area contributed by atoms with Gasteiger partial charge in [-0.1, -0.05) is 12.1 Å². The molecule has 0 aliphatic carbocycles. The standard InChI is InChI=1S/C14H17BrN2O3/c1-9-8-17(6-5-13(9)16-19)14(18)11-7-10(20-2)3-4-12(11)15/h3-4,7,9,19H,5-6,8H2,1-2H3/b16-13-. The van der Waals surface area contributed by atoms with Crippen molar-refractivity contribution in [1.82, 2.24) is 4.90 Å². The Morgan fingerprint density at radius 2 is 2.30 bits per heavy atom. The van der Waals surface area contributed by atoms with Crippen LogP contribution in [0, 0.1) is 5.92 Å². The van der Waals surface area contributed by atoms with Crippen molar-refractivity contribution in [2.75, 3.05) is 20.2 Å². The van der Waals surface area contributed by atoms with E-state index in [1.54, 1.807) is 30.2 Å². The molecule has 0 spiro atoms. The zero-order valence-electron chi connectivity index (χ0n) is 11.5. The van der Waals surface area contributed by atoms with Crippen molar-refractivity contribution >= 4 is 27.5 Å². The van der Waals surface area contributed by atoms with Gasteiger partial charge in [-0.25, -0.2) is 0 Å². The van der Waals surface area contributed by atoms with Crippen molar-refractivity contribution in [3.8, 4) is 5.75 Å². The fraction of sp³-hybridized carbons (Fsp3) is 0.429. The number of nitrogens with zero attached hydrogens (tertiary/aromatic N) is 2. The van der Waals surface area contributed by atoms with Gasteiger partial charge in [0.05, 0.1) is 18.4 Å². The highest BCUT2D eigenvalue weighted by Crippen LogP contribution is 2.25. The Balaban J connectivity index is 2.20. The van der Waals surface area contributed by atoms with E-state index in [1.807, 2.05) is 6.92 Å². The van der Waals surface area contributed by atoms with E-state index in [2.05, 4.69) is 21.1 Å². The number of halogens is 1. The molecule has 5 nitrogen and oxygen atoms in total. The van der Waals surface area contributed by atoms with E-state index in [4.69, 9.17) is 9.94 Å². The molecule has 1 aliphatic heterocycles. The Bertz CT molecular complexity index is 545. The number of hydrogen-bond acceptors (Lipinski definition) is 4. The van der Waals surface area contributed by atoms with Crippen molar-refractivity contribution in [3.63, 3.8) is 0 Å². The average molecular weight is 341 g/mol. The van der Waals surface area contributed by atoms with E-state index in [-0.39, 0.29) is 11.8 Å². The number of methoxy groups -OCH3 is 1. The third kappa shape index (κ3) is 2.95. The van der Waals surface area contributed by atoms with E-state index in [0.717, 1.165) is 10.2 Å². The van der Waals surface area contributed by atoms with Crippen LogP contribution in [0.5, 0.6) is 5.75 Å². The molecule has 1 amide bonds. The normalized spacial score (nSPS) is 21.1. The first kappa shape index (κ1) is 14.8. The summed E-state index contributed by atoms with van der Waals surface area (Å²) in [6, 6.07) is 5.34. The van der Waals surface area contributed by atoms with Gasteiger partial charge in [-0.05, 0) is 34.1 Å². The van der Waals surface area contributed by atoms with Crippen molar-refractivity contribution in [3.05, 3.63) is 28.2 Å². The summed E-state index contributed by atoms with van der Waals surface area (Å²) in [7, 11) is 1.57. The first-order valence-electron chi connectivity index (χ1n) is 6.40. The molecule has 1 unspecified atom stereocenters. The number of rotatable bonds is 2. The largest absolute Gasteiger partial charge is 0.497 e. The Hall–Kier alpha value is -1.56. The van der Waals surface area contributed by atoms with Gasteiger partial charge in [-0.3, -0.25) is 4.79 Å². The van der Waals surface area contributed by atoms with Gasteiger partial charge >= 0.3 is 0 Å². The molecule has 1 aliphatic rings. The Kier molecular flexibility index (Phi) is 4.65. The lowest BCUT2D eigenvalue weighted by molar-refractivity contribution is 0.0732. The fourth-order valence-corrected chi connectivity index (χ4v) is 2.74. The first-order chi connectivity index (χ1) is 9.56. The van der Waals surface area contributed by atoms with Crippen molar-refractivity contribution in [1.29, 1.82) is 0 Å². The van der Waals surface area contributed by atoms with Crippen LogP contribution in [-0.4, -0.2) is 41.9 Å². The maximum Gasteiger partial charge on any atom is 0.255 e. The van der Waals surface area contributed by atoms with Crippen molar-refractivity contribution in [2.45, 2.75) is 13.3 Å². The highest BCUT2D eigenvalue weighted by molar-refractivity contribution is 9.10. The zero-order valence-corrected chi connectivity index (χ0v) is 13.1. The number of benzene rings is 1. The lowest BCUT2D eigenvalue weighted by atomic mass is 9.97. The Morgan fingerprint density at radius 3 is 2.90 bits per heavy atom. The molecule has 1 N–H and O–H groups in total. The van der Waals surface area contributed by atoms with Gasteiger partial charge in [0, 0.05) is 29.9 Å². The van der Waals surface area contributed by atoms with E-state index < -0.39 is 0 Å². The van der Waals surface area contributed by atoms with Crippen LogP contribution in [0.3, 0.4) is 0 Å². The summed E-state index contributed by atoms with van der Waals surface area (Å²) in [6.45, 7) is 3.07. The summed E-state index contributed by atoms with van der Waals surface area (Å²) in [5.74, 6) is 0.681. The predicted octanol–water partition coefficient (Wildman–Crippen LogP) is 2.77. The molecule has 0 saturated carbocycles. The maximum absolute atomic E-state index is 12.6. The van der Waals surface area contributed by atoms with Crippen LogP contribution < -0.4 is 4.74 Å². The monoisotopic (exact) mass is 340 g/mol. The Labute approximate surface area is 126 Å². The Morgan fingerprint density at radius 1 is 1.55 bits per heavy atom. The van der Waals surface area contributed by atoms with Gasteiger partial charge < -0.3 is 14.8 Å². The molecule has 1 heterocycles. The quantitative estimate of drug-likeness (QED) is 0.665. The molecule has 2 rings (SSSR count). The van der Waals surface area contributed by atoms with Gasteiger partial charge in [-0.2, -0.15) is 0 Å². The molecule has 108 valence electrons. The van der Waals surface area contributed by atoms with Gasteiger partial charge in [-0.15, -0.1) is 0 Å². The van der Waals surface area contributed by atoms with Gasteiger partial charge in [0.2, 0.25) is 0 Å². The molecule has 1 aromatic rings. The van der Waals surface area contributed by atoms with Gasteiger partial charge in [0.1, 0.15) is 5.75 Å². The minimum Gasteiger partial charge on any atom is -0.497 e. The lowest BCUT2D eigenvalue weighted by Gasteiger charge is -2.31. The van der Waals surface area contributed by atoms with E-state index >= 15 is 0 Å². The van der Waals surface area contributed by atoms with Crippen LogP contribution in [0.25, 0.3) is 0 Å². The number of hydrogen-bond donors (Lipinski definition) is 1. The number of carbonyl (C=O) groups is 1. The minimum absolute atomic E-state index is 0.0420. The summed E-state index contributed by atoms with van der Waals surface area (Å²) >= 11 is 3.40. The molecular weight excluding hydrogens is 324 g/mol. The molecule has 1 atom stereocenters. The zero-order chi connectivity index (χ0) is 14.7. The molecule has 6 heteroatoms. The number of ether oxygens (including phenoxy) is 1. The van der Waals surface area contributed by atoms with Gasteiger partial charge in [0.25, 0.3) is 5.91 Å². The molecule has 0 radical (unpaired) electrons. The molecule has 1 saturated heterocycles. The van der Waals surface area contributed by atoms with E-state index in [0.29, 0.717) is 30.8 Å². The third-order valence-electron chi connectivity index (χ3n) is 3.52. The van der Waals surface area contributed by atoms with Crippen LogP contribution in [-0.2, 0) is 0 Å². The number of piperidine rings is 1. The highest BCUT2D eigenvalue weighted by Gasteiger charge is 2.27. The molecule has 1 fully saturated rings. The second-order valence-corrected chi connectivity index (χ2v) is 5.69. The second kappa shape index (κ2) is 6.26. The van der Waals surface area contributed by atoms with Crippen LogP contribution in [0.15, 0.2) is 27.8 Å². The van der Waals surface area contributed by atoms with Crippen LogP contribution in [0.2, 0.25) is 0 Å². The van der Waals surface area contributed by atoms with Crippen LogP contribution in [0.1, 0.15) is 23.7 Å². The molecule has 0 aromatic heterocycles. The molecular formula is C14H17BrN2O3. The number of carbonyl (C=O) groups excluding carboxylic acids is 1. The van der Waals surface area contributed by atoms with Gasteiger partial charge in [0.15, 0.2) is 0 Å². The SMILES string of the molecule is COc1ccc(Br)c(C(=O)N2CC/C(=N/O)C(C)C2)c1. The topological polar surface area (TPSA) is 62.1 Å². The number of oxime groups is 1. The lowest BCUT2D eigenvalue weighted by Crippen LogP contribution is -2.43. The van der Waals surface area contributed by atoms with Crippen molar-refractivity contribution < 1.29 is 14.7 Å². The minimum atomic E-state index is -0.0420. The smallest absolute Gasteiger partial charge is 0.255 e. The summed E-state index contributed by atoms with van der Waals surface area (Å²) in [4.78, 5) is 14.3. The first-order valence-corrected chi connectivity index (χ1v) is 7.19. The number of amides is 1. The summed E-state index contributed by atoms with van der Waals surface area (Å²) in [5.41, 5.74) is 1.33. The average Bonchev–Trinajstić information content (AvgIpc) is 2.47. The van der Waals surface area contributed by atoms with E-state index in [9.17, 15) is 4.79 Å². The van der Waals surface area contributed by atoms with Crippen LogP contribution >= 0.6 is 15.9 Å². The van der Waals surface area contributed by atoms with Crippen LogP contribution in [0.4, 0.5) is 0 Å². The number of likely N-dealkylation sites (tertiary alicyclic amines) is 1. The summed E-state index contributed by atoms with van der Waals surface area (Å²) < 4.78 is 5.91. The van der Waals surface area contributed by atoms with E-state index in [1.165, 1.54) is 0 Å². The molecule has 1 aromatic carbocycles. The highest BCUT2D eigenvalue weighted by atomic mass is 79.9. The third-order valence-corrected chi connectivity index (χ3v) is 4.21. The fourth-order valence-electron chi connectivity index (χ4n) is 2.32.